The molecule has 4 heterocycles. The maximum Gasteiger partial charge on any atom is 0.231 e. The Bertz CT molecular complexity index is 965. The zero-order valence-electron chi connectivity index (χ0n) is 14.3. The van der Waals surface area contributed by atoms with Crippen LogP contribution >= 0.6 is 0 Å². The first-order valence-corrected chi connectivity index (χ1v) is 8.48. The summed E-state index contributed by atoms with van der Waals surface area (Å²) in [7, 11) is 1.64. The van der Waals surface area contributed by atoms with Gasteiger partial charge in [0, 0.05) is 37.1 Å². The van der Waals surface area contributed by atoms with Gasteiger partial charge < -0.3 is 23.8 Å². The normalized spacial score (nSPS) is 16.3. The zero-order chi connectivity index (χ0) is 17.5. The largest absolute Gasteiger partial charge is 0.496 e. The van der Waals surface area contributed by atoms with E-state index < -0.39 is 0 Å². The lowest BCUT2D eigenvalue weighted by atomic mass is 10.1. The number of hydrogen-bond donors (Lipinski definition) is 0. The summed E-state index contributed by atoms with van der Waals surface area (Å²) in [6.07, 6.45) is 5.54. The second-order valence-corrected chi connectivity index (χ2v) is 6.09. The van der Waals surface area contributed by atoms with Crippen LogP contribution in [0.15, 0.2) is 30.7 Å². The van der Waals surface area contributed by atoms with Crippen LogP contribution in [0.2, 0.25) is 0 Å². The van der Waals surface area contributed by atoms with Gasteiger partial charge in [-0.2, -0.15) is 0 Å². The summed E-state index contributed by atoms with van der Waals surface area (Å²) >= 11 is 0. The molecule has 0 saturated carbocycles. The van der Waals surface area contributed by atoms with Crippen molar-refractivity contribution in [1.29, 1.82) is 0 Å². The van der Waals surface area contributed by atoms with E-state index in [0.717, 1.165) is 35.8 Å². The minimum atomic E-state index is 0.222. The topological polar surface area (TPSA) is 70.4 Å². The van der Waals surface area contributed by atoms with Crippen LogP contribution < -0.4 is 19.1 Å². The SMILES string of the molecule is COc1cc2c(cc1-c1cnc3c(N4CCOCC4)nccn13)OCO2. The van der Waals surface area contributed by atoms with Gasteiger partial charge in [0.25, 0.3) is 0 Å². The lowest BCUT2D eigenvalue weighted by Crippen LogP contribution is -2.37. The number of anilines is 1. The van der Waals surface area contributed by atoms with E-state index in [1.165, 1.54) is 0 Å². The zero-order valence-corrected chi connectivity index (χ0v) is 14.3. The Morgan fingerprint density at radius 1 is 1.08 bits per heavy atom. The van der Waals surface area contributed by atoms with E-state index in [-0.39, 0.29) is 6.79 Å². The van der Waals surface area contributed by atoms with Gasteiger partial charge in [0.15, 0.2) is 23.0 Å². The molecule has 0 atom stereocenters. The predicted octanol–water partition coefficient (Wildman–Crippen LogP) is 1.97. The molecule has 0 N–H and O–H groups in total. The second kappa shape index (κ2) is 6.06. The molecule has 8 nitrogen and oxygen atoms in total. The van der Waals surface area contributed by atoms with Crippen molar-refractivity contribution in [1.82, 2.24) is 14.4 Å². The highest BCUT2D eigenvalue weighted by Crippen LogP contribution is 2.42. The lowest BCUT2D eigenvalue weighted by Gasteiger charge is -2.27. The summed E-state index contributed by atoms with van der Waals surface area (Å²) < 4.78 is 24.0. The van der Waals surface area contributed by atoms with Gasteiger partial charge in [-0.1, -0.05) is 0 Å². The van der Waals surface area contributed by atoms with Crippen molar-refractivity contribution >= 4 is 11.5 Å². The molecule has 3 aromatic rings. The minimum absolute atomic E-state index is 0.222. The summed E-state index contributed by atoms with van der Waals surface area (Å²) in [5.41, 5.74) is 2.61. The molecule has 2 aliphatic rings. The van der Waals surface area contributed by atoms with Gasteiger partial charge in [0.1, 0.15) is 5.75 Å². The quantitative estimate of drug-likeness (QED) is 0.712. The maximum atomic E-state index is 5.57. The van der Waals surface area contributed by atoms with E-state index in [1.54, 1.807) is 13.3 Å². The molecule has 1 fully saturated rings. The van der Waals surface area contributed by atoms with Crippen LogP contribution in [-0.4, -0.2) is 54.6 Å². The highest BCUT2D eigenvalue weighted by atomic mass is 16.7. The number of aromatic nitrogens is 3. The van der Waals surface area contributed by atoms with Gasteiger partial charge in [-0.25, -0.2) is 9.97 Å². The van der Waals surface area contributed by atoms with Gasteiger partial charge in [-0.3, -0.25) is 4.40 Å². The molecular formula is C18H18N4O4. The number of methoxy groups -OCH3 is 1. The summed E-state index contributed by atoms with van der Waals surface area (Å²) in [5.74, 6) is 2.97. The number of imidazole rings is 1. The monoisotopic (exact) mass is 354 g/mol. The van der Waals surface area contributed by atoms with E-state index in [1.807, 2.05) is 28.9 Å². The summed E-state index contributed by atoms with van der Waals surface area (Å²) in [6.45, 7) is 3.24. The summed E-state index contributed by atoms with van der Waals surface area (Å²) in [6, 6.07) is 3.78. The van der Waals surface area contributed by atoms with Crippen LogP contribution in [0.3, 0.4) is 0 Å². The number of benzene rings is 1. The van der Waals surface area contributed by atoms with Gasteiger partial charge in [0.05, 0.1) is 32.2 Å². The Hall–Kier alpha value is -3.00. The average Bonchev–Trinajstić information content (AvgIpc) is 3.33. The summed E-state index contributed by atoms with van der Waals surface area (Å²) in [4.78, 5) is 11.4. The molecule has 0 radical (unpaired) electrons. The highest BCUT2D eigenvalue weighted by Gasteiger charge is 2.22. The van der Waals surface area contributed by atoms with Crippen molar-refractivity contribution in [3.05, 3.63) is 30.7 Å². The molecule has 2 aromatic heterocycles. The van der Waals surface area contributed by atoms with Crippen molar-refractivity contribution in [2.75, 3.05) is 45.1 Å². The number of ether oxygens (including phenoxy) is 4. The van der Waals surface area contributed by atoms with Crippen molar-refractivity contribution in [3.8, 4) is 28.5 Å². The first-order chi connectivity index (χ1) is 12.8. The molecule has 0 unspecified atom stereocenters. The molecule has 26 heavy (non-hydrogen) atoms. The Morgan fingerprint density at radius 3 is 2.69 bits per heavy atom. The Labute approximate surface area is 149 Å². The molecule has 2 aliphatic heterocycles. The smallest absolute Gasteiger partial charge is 0.231 e. The molecule has 5 rings (SSSR count). The molecule has 8 heteroatoms. The van der Waals surface area contributed by atoms with Crippen LogP contribution in [0.4, 0.5) is 5.82 Å². The fourth-order valence-electron chi connectivity index (χ4n) is 3.40. The van der Waals surface area contributed by atoms with Crippen LogP contribution in [0.1, 0.15) is 0 Å². The average molecular weight is 354 g/mol. The Balaban J connectivity index is 1.65. The standard InChI is InChI=1S/C18H18N4O4/c1-23-14-9-16-15(25-11-26-16)8-12(14)13-10-20-18-17(19-2-3-22(13)18)21-4-6-24-7-5-21/h2-3,8-10H,4-7,11H2,1H3. The van der Waals surface area contributed by atoms with Gasteiger partial charge in [0.2, 0.25) is 6.79 Å². The first-order valence-electron chi connectivity index (χ1n) is 8.48. The van der Waals surface area contributed by atoms with Gasteiger partial charge in [-0.15, -0.1) is 0 Å². The third-order valence-electron chi connectivity index (χ3n) is 4.69. The van der Waals surface area contributed by atoms with Crippen LogP contribution in [-0.2, 0) is 4.74 Å². The maximum absolute atomic E-state index is 5.57. The molecule has 0 amide bonds. The minimum Gasteiger partial charge on any atom is -0.496 e. The van der Waals surface area contributed by atoms with Crippen molar-refractivity contribution < 1.29 is 18.9 Å². The van der Waals surface area contributed by atoms with E-state index in [4.69, 9.17) is 18.9 Å². The number of rotatable bonds is 3. The fraction of sp³-hybridized carbons (Fsp3) is 0.333. The Morgan fingerprint density at radius 2 is 1.88 bits per heavy atom. The van der Waals surface area contributed by atoms with E-state index in [0.29, 0.717) is 30.5 Å². The summed E-state index contributed by atoms with van der Waals surface area (Å²) in [5, 5.41) is 0. The van der Waals surface area contributed by atoms with E-state index >= 15 is 0 Å². The molecule has 134 valence electrons. The van der Waals surface area contributed by atoms with Crippen LogP contribution in [0, 0.1) is 0 Å². The van der Waals surface area contributed by atoms with Gasteiger partial charge >= 0.3 is 0 Å². The van der Waals surface area contributed by atoms with E-state index in [2.05, 4.69) is 14.9 Å². The third kappa shape index (κ3) is 2.33. The molecule has 1 saturated heterocycles. The second-order valence-electron chi connectivity index (χ2n) is 6.09. The van der Waals surface area contributed by atoms with Gasteiger partial charge in [-0.05, 0) is 6.07 Å². The first kappa shape index (κ1) is 15.3. The fourth-order valence-corrected chi connectivity index (χ4v) is 3.40. The lowest BCUT2D eigenvalue weighted by molar-refractivity contribution is 0.122. The number of morpholine rings is 1. The molecule has 0 bridgehead atoms. The molecule has 0 aliphatic carbocycles. The molecule has 1 aromatic carbocycles. The number of hydrogen-bond acceptors (Lipinski definition) is 7. The van der Waals surface area contributed by atoms with E-state index in [9.17, 15) is 0 Å². The number of nitrogens with zero attached hydrogens (tertiary/aromatic N) is 4. The van der Waals surface area contributed by atoms with Crippen LogP contribution in [0.5, 0.6) is 17.2 Å². The van der Waals surface area contributed by atoms with Crippen LogP contribution in [0.25, 0.3) is 16.9 Å². The van der Waals surface area contributed by atoms with Crippen molar-refractivity contribution in [2.45, 2.75) is 0 Å². The highest BCUT2D eigenvalue weighted by molar-refractivity contribution is 5.77. The van der Waals surface area contributed by atoms with Crippen molar-refractivity contribution in [2.24, 2.45) is 0 Å². The number of fused-ring (bicyclic) bond motifs is 2. The predicted molar refractivity (Wildman–Crippen MR) is 94.1 cm³/mol. The third-order valence-corrected chi connectivity index (χ3v) is 4.69. The van der Waals surface area contributed by atoms with Crippen molar-refractivity contribution in [3.63, 3.8) is 0 Å². The molecule has 0 spiro atoms. The molecular weight excluding hydrogens is 336 g/mol. The Kier molecular flexibility index (Phi) is 3.56.